The Hall–Kier alpha value is -1.26. The van der Waals surface area contributed by atoms with Crippen molar-refractivity contribution in [1.29, 1.82) is 0 Å². The van der Waals surface area contributed by atoms with Crippen LogP contribution >= 0.6 is 0 Å². The third kappa shape index (κ3) is 2.61. The quantitative estimate of drug-likeness (QED) is 0.763. The van der Waals surface area contributed by atoms with Crippen molar-refractivity contribution >= 4 is 11.4 Å². The molecule has 82 valence electrons. The molecule has 1 aliphatic rings. The number of hydrogen-bond donors (Lipinski definition) is 1. The van der Waals surface area contributed by atoms with Crippen LogP contribution in [0.4, 0.5) is 11.4 Å². The Kier molecular flexibility index (Phi) is 3.42. The summed E-state index contributed by atoms with van der Waals surface area (Å²) in [6.07, 6.45) is 0. The molecule has 0 aliphatic carbocycles. The number of nitrogens with zero attached hydrogens (tertiary/aromatic N) is 1. The lowest BCUT2D eigenvalue weighted by Gasteiger charge is -2.28. The summed E-state index contributed by atoms with van der Waals surface area (Å²) in [7, 11) is 1.61. The lowest BCUT2D eigenvalue weighted by atomic mass is 10.2. The number of nitrogens with one attached hydrogen (secondary N) is 1. The highest BCUT2D eigenvalue weighted by molar-refractivity contribution is 5.54. The molecular formula is C11H16N2O2. The lowest BCUT2D eigenvalue weighted by Crippen LogP contribution is -2.36. The molecule has 0 aromatic heterocycles. The van der Waals surface area contributed by atoms with Gasteiger partial charge in [-0.15, -0.1) is 0 Å². The molecule has 2 rings (SSSR count). The maximum absolute atomic E-state index is 5.31. The van der Waals surface area contributed by atoms with E-state index in [1.54, 1.807) is 7.11 Å². The van der Waals surface area contributed by atoms with Crippen LogP contribution in [0, 0.1) is 0 Å². The van der Waals surface area contributed by atoms with E-state index in [9.17, 15) is 0 Å². The van der Waals surface area contributed by atoms with Crippen molar-refractivity contribution in [3.63, 3.8) is 0 Å². The first kappa shape index (κ1) is 10.3. The van der Waals surface area contributed by atoms with E-state index in [2.05, 4.69) is 22.5 Å². The summed E-state index contributed by atoms with van der Waals surface area (Å²) in [4.78, 5) is 7.15. The van der Waals surface area contributed by atoms with Gasteiger partial charge >= 0.3 is 0 Å². The second kappa shape index (κ2) is 5.00. The van der Waals surface area contributed by atoms with Crippen molar-refractivity contribution in [2.45, 2.75) is 0 Å². The smallest absolute Gasteiger partial charge is 0.0642 e. The summed E-state index contributed by atoms with van der Waals surface area (Å²) in [6.45, 7) is 3.57. The summed E-state index contributed by atoms with van der Waals surface area (Å²) >= 11 is 0. The van der Waals surface area contributed by atoms with E-state index in [-0.39, 0.29) is 0 Å². The maximum Gasteiger partial charge on any atom is 0.0642 e. The van der Waals surface area contributed by atoms with Crippen LogP contribution < -0.4 is 10.4 Å². The SMILES string of the molecule is CONc1ccc(N2CCOCC2)cc1. The van der Waals surface area contributed by atoms with E-state index < -0.39 is 0 Å². The predicted molar refractivity (Wildman–Crippen MR) is 60.1 cm³/mol. The van der Waals surface area contributed by atoms with E-state index in [0.717, 1.165) is 32.0 Å². The molecule has 1 N–H and O–H groups in total. The van der Waals surface area contributed by atoms with Crippen LogP contribution in [0.15, 0.2) is 24.3 Å². The lowest BCUT2D eigenvalue weighted by molar-refractivity contribution is 0.122. The molecule has 0 amide bonds. The van der Waals surface area contributed by atoms with Crippen molar-refractivity contribution in [1.82, 2.24) is 0 Å². The first-order valence-electron chi connectivity index (χ1n) is 5.12. The van der Waals surface area contributed by atoms with E-state index in [1.165, 1.54) is 5.69 Å². The number of hydrogen-bond acceptors (Lipinski definition) is 4. The highest BCUT2D eigenvalue weighted by Crippen LogP contribution is 2.18. The van der Waals surface area contributed by atoms with Crippen molar-refractivity contribution in [3.8, 4) is 0 Å². The van der Waals surface area contributed by atoms with Crippen LogP contribution in [0.2, 0.25) is 0 Å². The standard InChI is InChI=1S/C11H16N2O2/c1-14-12-10-2-4-11(5-3-10)13-6-8-15-9-7-13/h2-5,12H,6-9H2,1H3. The summed E-state index contributed by atoms with van der Waals surface area (Å²) < 4.78 is 5.31. The Morgan fingerprint density at radius 2 is 1.87 bits per heavy atom. The van der Waals surface area contributed by atoms with Crippen molar-refractivity contribution in [2.75, 3.05) is 43.8 Å². The fourth-order valence-electron chi connectivity index (χ4n) is 1.68. The molecular weight excluding hydrogens is 192 g/mol. The Balaban J connectivity index is 2.02. The molecule has 1 aromatic carbocycles. The molecule has 0 saturated carbocycles. The molecule has 1 fully saturated rings. The molecule has 1 aromatic rings. The second-order valence-corrected chi connectivity index (χ2v) is 3.45. The van der Waals surface area contributed by atoms with E-state index >= 15 is 0 Å². The molecule has 1 heterocycles. The predicted octanol–water partition coefficient (Wildman–Crippen LogP) is 1.50. The van der Waals surface area contributed by atoms with Crippen molar-refractivity contribution in [3.05, 3.63) is 24.3 Å². The third-order valence-corrected chi connectivity index (χ3v) is 2.46. The maximum atomic E-state index is 5.31. The van der Waals surface area contributed by atoms with Gasteiger partial charge in [0, 0.05) is 18.8 Å². The fourth-order valence-corrected chi connectivity index (χ4v) is 1.68. The Morgan fingerprint density at radius 1 is 1.20 bits per heavy atom. The zero-order valence-electron chi connectivity index (χ0n) is 8.90. The number of ether oxygens (including phenoxy) is 1. The highest BCUT2D eigenvalue weighted by atomic mass is 16.6. The molecule has 0 spiro atoms. The minimum atomic E-state index is 0.818. The minimum Gasteiger partial charge on any atom is -0.378 e. The minimum absolute atomic E-state index is 0.818. The van der Waals surface area contributed by atoms with Gasteiger partial charge in [0.05, 0.1) is 26.0 Å². The normalized spacial score (nSPS) is 16.5. The molecule has 4 nitrogen and oxygen atoms in total. The van der Waals surface area contributed by atoms with Gasteiger partial charge in [-0.2, -0.15) is 0 Å². The summed E-state index contributed by atoms with van der Waals surface area (Å²) in [6, 6.07) is 8.20. The highest BCUT2D eigenvalue weighted by Gasteiger charge is 2.10. The molecule has 1 aliphatic heterocycles. The fraction of sp³-hybridized carbons (Fsp3) is 0.455. The van der Waals surface area contributed by atoms with Gasteiger partial charge in [0.15, 0.2) is 0 Å². The van der Waals surface area contributed by atoms with E-state index in [4.69, 9.17) is 9.57 Å². The number of anilines is 2. The molecule has 4 heteroatoms. The third-order valence-electron chi connectivity index (χ3n) is 2.46. The average Bonchev–Trinajstić information content (AvgIpc) is 2.32. The van der Waals surface area contributed by atoms with E-state index in [1.807, 2.05) is 12.1 Å². The van der Waals surface area contributed by atoms with Gasteiger partial charge < -0.3 is 9.64 Å². The first-order valence-corrected chi connectivity index (χ1v) is 5.12. The number of morpholine rings is 1. The molecule has 0 bridgehead atoms. The first-order chi connectivity index (χ1) is 7.40. The molecule has 0 unspecified atom stereocenters. The monoisotopic (exact) mass is 208 g/mol. The summed E-state index contributed by atoms with van der Waals surface area (Å²) in [5, 5.41) is 0. The van der Waals surface area contributed by atoms with Crippen LogP contribution in [0.3, 0.4) is 0 Å². The van der Waals surface area contributed by atoms with Crippen molar-refractivity contribution < 1.29 is 9.57 Å². The van der Waals surface area contributed by atoms with Crippen LogP contribution in [-0.4, -0.2) is 33.4 Å². The summed E-state index contributed by atoms with van der Waals surface area (Å²) in [5.74, 6) is 0. The largest absolute Gasteiger partial charge is 0.378 e. The number of benzene rings is 1. The summed E-state index contributed by atoms with van der Waals surface area (Å²) in [5.41, 5.74) is 5.00. The van der Waals surface area contributed by atoms with Crippen LogP contribution in [0.1, 0.15) is 0 Å². The average molecular weight is 208 g/mol. The zero-order chi connectivity index (χ0) is 10.5. The Morgan fingerprint density at radius 3 is 2.47 bits per heavy atom. The zero-order valence-corrected chi connectivity index (χ0v) is 8.90. The molecule has 1 saturated heterocycles. The van der Waals surface area contributed by atoms with Gasteiger partial charge in [0.2, 0.25) is 0 Å². The van der Waals surface area contributed by atoms with Gasteiger partial charge in [-0.3, -0.25) is 10.3 Å². The molecule has 0 atom stereocenters. The van der Waals surface area contributed by atoms with Gasteiger partial charge in [0.25, 0.3) is 0 Å². The van der Waals surface area contributed by atoms with Crippen molar-refractivity contribution in [2.24, 2.45) is 0 Å². The van der Waals surface area contributed by atoms with Crippen LogP contribution in [0.25, 0.3) is 0 Å². The number of rotatable bonds is 3. The second-order valence-electron chi connectivity index (χ2n) is 3.45. The van der Waals surface area contributed by atoms with Gasteiger partial charge in [-0.25, -0.2) is 0 Å². The topological polar surface area (TPSA) is 33.7 Å². The molecule has 15 heavy (non-hydrogen) atoms. The van der Waals surface area contributed by atoms with Gasteiger partial charge in [0.1, 0.15) is 0 Å². The van der Waals surface area contributed by atoms with Crippen LogP contribution in [0.5, 0.6) is 0 Å². The van der Waals surface area contributed by atoms with Gasteiger partial charge in [-0.1, -0.05) is 0 Å². The van der Waals surface area contributed by atoms with Crippen LogP contribution in [-0.2, 0) is 9.57 Å². The Bertz CT molecular complexity index is 294. The molecule has 0 radical (unpaired) electrons. The Labute approximate surface area is 89.7 Å². The van der Waals surface area contributed by atoms with Gasteiger partial charge in [-0.05, 0) is 24.3 Å². The van der Waals surface area contributed by atoms with E-state index in [0.29, 0.717) is 0 Å².